The van der Waals surface area contributed by atoms with Gasteiger partial charge in [0.15, 0.2) is 0 Å². The van der Waals surface area contributed by atoms with Gasteiger partial charge in [0.1, 0.15) is 6.10 Å². The lowest BCUT2D eigenvalue weighted by Gasteiger charge is -2.49. The lowest BCUT2D eigenvalue weighted by Crippen LogP contribution is -2.52. The van der Waals surface area contributed by atoms with Crippen LogP contribution in [0.15, 0.2) is 84.9 Å². The van der Waals surface area contributed by atoms with Gasteiger partial charge in [0.05, 0.1) is 11.8 Å². The molecule has 3 aromatic rings. The molecule has 0 saturated heterocycles. The molecule has 4 atom stereocenters. The molecule has 31 heavy (non-hydrogen) atoms. The van der Waals surface area contributed by atoms with E-state index in [1.165, 1.54) is 11.1 Å². The summed E-state index contributed by atoms with van der Waals surface area (Å²) in [4.78, 5) is 25.7. The van der Waals surface area contributed by atoms with E-state index in [1.807, 2.05) is 72.8 Å². The molecule has 0 aliphatic heterocycles. The Morgan fingerprint density at radius 3 is 1.58 bits per heavy atom. The number of aliphatic carboxylic acids is 1. The highest BCUT2D eigenvalue weighted by Gasteiger charge is 2.59. The Labute approximate surface area is 181 Å². The average molecular weight is 412 g/mol. The predicted molar refractivity (Wildman–Crippen MR) is 117 cm³/mol. The van der Waals surface area contributed by atoms with Crippen LogP contribution in [0.4, 0.5) is 0 Å². The maximum atomic E-state index is 13.5. The van der Waals surface area contributed by atoms with Gasteiger partial charge >= 0.3 is 11.9 Å². The molecule has 2 unspecified atom stereocenters. The Balaban J connectivity index is 1.45. The minimum absolute atomic E-state index is 0.193. The molecule has 1 fully saturated rings. The van der Waals surface area contributed by atoms with Crippen LogP contribution in [-0.4, -0.2) is 23.1 Å². The SMILES string of the molecule is O=C(O)C1[C@@H](c2ccccc2)C(C(=O)OC2Cc3ccccc3C2)[C@H]1c1ccccc1. The maximum Gasteiger partial charge on any atom is 0.310 e. The van der Waals surface area contributed by atoms with Crippen LogP contribution >= 0.6 is 0 Å². The Kier molecular flexibility index (Phi) is 5.06. The number of carbonyl (C=O) groups is 2. The molecule has 0 radical (unpaired) electrons. The van der Waals surface area contributed by atoms with Crippen LogP contribution in [0.1, 0.15) is 34.1 Å². The molecule has 3 aromatic carbocycles. The lowest BCUT2D eigenvalue weighted by atomic mass is 9.52. The minimum Gasteiger partial charge on any atom is -0.481 e. The van der Waals surface area contributed by atoms with E-state index in [-0.39, 0.29) is 12.1 Å². The van der Waals surface area contributed by atoms with Gasteiger partial charge in [-0.2, -0.15) is 0 Å². The van der Waals surface area contributed by atoms with Gasteiger partial charge in [-0.1, -0.05) is 84.9 Å². The second-order valence-corrected chi connectivity index (χ2v) is 8.50. The molecule has 0 bridgehead atoms. The number of esters is 1. The third-order valence-corrected chi connectivity index (χ3v) is 6.77. The van der Waals surface area contributed by atoms with E-state index >= 15 is 0 Å². The Hall–Kier alpha value is -3.40. The van der Waals surface area contributed by atoms with E-state index in [9.17, 15) is 14.7 Å². The van der Waals surface area contributed by atoms with E-state index < -0.39 is 29.6 Å². The van der Waals surface area contributed by atoms with Crippen molar-refractivity contribution in [2.24, 2.45) is 11.8 Å². The summed E-state index contributed by atoms with van der Waals surface area (Å²) in [5.41, 5.74) is 4.19. The number of carboxylic acids is 1. The monoisotopic (exact) mass is 412 g/mol. The number of hydrogen-bond donors (Lipinski definition) is 1. The second-order valence-electron chi connectivity index (χ2n) is 8.50. The lowest BCUT2D eigenvalue weighted by molar-refractivity contribution is -0.167. The Morgan fingerprint density at radius 1 is 0.677 bits per heavy atom. The Morgan fingerprint density at radius 2 is 1.13 bits per heavy atom. The average Bonchev–Trinajstić information content (AvgIpc) is 3.16. The molecule has 0 spiro atoms. The molecule has 5 rings (SSSR count). The van der Waals surface area contributed by atoms with Crippen molar-refractivity contribution < 1.29 is 19.4 Å². The summed E-state index contributed by atoms with van der Waals surface area (Å²) >= 11 is 0. The van der Waals surface area contributed by atoms with E-state index in [0.29, 0.717) is 12.8 Å². The first-order chi connectivity index (χ1) is 15.1. The molecular weight excluding hydrogens is 388 g/mol. The summed E-state index contributed by atoms with van der Waals surface area (Å²) in [7, 11) is 0. The van der Waals surface area contributed by atoms with Gasteiger partial charge in [0.25, 0.3) is 0 Å². The number of fused-ring (bicyclic) bond motifs is 1. The van der Waals surface area contributed by atoms with Crippen molar-refractivity contribution >= 4 is 11.9 Å². The molecule has 0 aromatic heterocycles. The fraction of sp³-hybridized carbons (Fsp3) is 0.259. The van der Waals surface area contributed by atoms with Crippen LogP contribution in [-0.2, 0) is 27.2 Å². The van der Waals surface area contributed by atoms with Crippen LogP contribution in [0.2, 0.25) is 0 Å². The fourth-order valence-corrected chi connectivity index (χ4v) is 5.37. The number of benzene rings is 3. The van der Waals surface area contributed by atoms with Crippen LogP contribution in [0.5, 0.6) is 0 Å². The summed E-state index contributed by atoms with van der Waals surface area (Å²) in [5.74, 6) is -3.16. The van der Waals surface area contributed by atoms with E-state index in [4.69, 9.17) is 4.74 Å². The topological polar surface area (TPSA) is 63.6 Å². The summed E-state index contributed by atoms with van der Waals surface area (Å²) in [5, 5.41) is 10.0. The van der Waals surface area contributed by atoms with Crippen LogP contribution in [0, 0.1) is 11.8 Å². The molecular formula is C27H24O4. The highest BCUT2D eigenvalue weighted by molar-refractivity contribution is 5.84. The third-order valence-electron chi connectivity index (χ3n) is 6.77. The summed E-state index contributed by atoms with van der Waals surface area (Å²) in [6.45, 7) is 0. The Bertz CT molecular complexity index is 1020. The molecule has 4 heteroatoms. The number of ether oxygens (including phenoxy) is 1. The van der Waals surface area contributed by atoms with Crippen molar-refractivity contribution in [3.63, 3.8) is 0 Å². The van der Waals surface area contributed by atoms with Crippen molar-refractivity contribution in [3.8, 4) is 0 Å². The fourth-order valence-electron chi connectivity index (χ4n) is 5.37. The van der Waals surface area contributed by atoms with E-state index in [0.717, 1.165) is 11.1 Å². The number of hydrogen-bond acceptors (Lipinski definition) is 3. The normalized spacial score (nSPS) is 24.8. The van der Waals surface area contributed by atoms with Crippen molar-refractivity contribution in [1.29, 1.82) is 0 Å². The van der Waals surface area contributed by atoms with Crippen LogP contribution in [0.25, 0.3) is 0 Å². The molecule has 2 aliphatic rings. The molecule has 4 nitrogen and oxygen atoms in total. The maximum absolute atomic E-state index is 13.5. The second kappa shape index (κ2) is 8.03. The molecule has 0 amide bonds. The van der Waals surface area contributed by atoms with Gasteiger partial charge in [0, 0.05) is 24.7 Å². The standard InChI is InChI=1S/C27H24O4/c28-26(29)24-22(17-9-3-1-4-10-17)25(23(24)18-11-5-2-6-12-18)27(30)31-21-15-19-13-7-8-14-20(19)16-21/h1-14,21-25H,15-16H2,(H,28,29)/t22-,23+,24?,25?. The van der Waals surface area contributed by atoms with Gasteiger partial charge in [-0.15, -0.1) is 0 Å². The van der Waals surface area contributed by atoms with Crippen molar-refractivity contribution in [2.45, 2.75) is 30.8 Å². The summed E-state index contributed by atoms with van der Waals surface area (Å²) in [6.07, 6.45) is 1.23. The van der Waals surface area contributed by atoms with Crippen molar-refractivity contribution in [2.75, 3.05) is 0 Å². The van der Waals surface area contributed by atoms with Gasteiger partial charge in [-0.25, -0.2) is 0 Å². The zero-order valence-corrected chi connectivity index (χ0v) is 17.1. The smallest absolute Gasteiger partial charge is 0.310 e. The van der Waals surface area contributed by atoms with Gasteiger partial charge in [-0.3, -0.25) is 9.59 Å². The van der Waals surface area contributed by atoms with E-state index in [2.05, 4.69) is 12.1 Å². The van der Waals surface area contributed by atoms with Crippen LogP contribution in [0.3, 0.4) is 0 Å². The first-order valence-corrected chi connectivity index (χ1v) is 10.7. The largest absolute Gasteiger partial charge is 0.481 e. The predicted octanol–water partition coefficient (Wildman–Crippen LogP) is 4.60. The van der Waals surface area contributed by atoms with Crippen molar-refractivity contribution in [3.05, 3.63) is 107 Å². The number of carbonyl (C=O) groups excluding carboxylic acids is 1. The molecule has 1 N–H and O–H groups in total. The van der Waals surface area contributed by atoms with Crippen LogP contribution < -0.4 is 0 Å². The highest BCUT2D eigenvalue weighted by Crippen LogP contribution is 2.58. The zero-order chi connectivity index (χ0) is 21.4. The third kappa shape index (κ3) is 3.52. The summed E-state index contributed by atoms with van der Waals surface area (Å²) < 4.78 is 6.00. The zero-order valence-electron chi connectivity index (χ0n) is 17.1. The van der Waals surface area contributed by atoms with Gasteiger partial charge in [0.2, 0.25) is 0 Å². The van der Waals surface area contributed by atoms with Crippen molar-refractivity contribution in [1.82, 2.24) is 0 Å². The van der Waals surface area contributed by atoms with Gasteiger partial charge in [-0.05, 0) is 22.3 Å². The quantitative estimate of drug-likeness (QED) is 0.623. The summed E-state index contributed by atoms with van der Waals surface area (Å²) in [6, 6.07) is 27.2. The minimum atomic E-state index is -0.875. The van der Waals surface area contributed by atoms with Gasteiger partial charge < -0.3 is 9.84 Å². The first kappa shape index (κ1) is 19.6. The number of carboxylic acid groups (broad SMARTS) is 1. The molecule has 156 valence electrons. The molecule has 1 saturated carbocycles. The molecule has 2 aliphatic carbocycles. The number of rotatable bonds is 5. The molecule has 0 heterocycles. The first-order valence-electron chi connectivity index (χ1n) is 10.7. The highest BCUT2D eigenvalue weighted by atomic mass is 16.5. The van der Waals surface area contributed by atoms with E-state index in [1.54, 1.807) is 0 Å².